The molecule has 2 heterocycles. The molecular formula is C19H29N3O3S. The Bertz CT molecular complexity index is 735. The summed E-state index contributed by atoms with van der Waals surface area (Å²) in [6, 6.07) is 8.54. The molecule has 1 amide bonds. The van der Waals surface area contributed by atoms with Gasteiger partial charge in [-0.25, -0.2) is 12.7 Å². The van der Waals surface area contributed by atoms with Crippen LogP contribution in [0.15, 0.2) is 24.3 Å². The molecule has 0 spiro atoms. The molecular weight excluding hydrogens is 350 g/mol. The summed E-state index contributed by atoms with van der Waals surface area (Å²) in [5.74, 6) is -0.244. The van der Waals surface area contributed by atoms with E-state index in [1.165, 1.54) is 28.2 Å². The molecule has 0 radical (unpaired) electrons. The Labute approximate surface area is 156 Å². The van der Waals surface area contributed by atoms with Crippen molar-refractivity contribution in [3.63, 3.8) is 0 Å². The number of benzene rings is 1. The molecule has 1 aromatic carbocycles. The van der Waals surface area contributed by atoms with E-state index >= 15 is 0 Å². The largest absolute Gasteiger partial charge is 0.371 e. The van der Waals surface area contributed by atoms with Crippen LogP contribution in [0.5, 0.6) is 0 Å². The molecule has 0 unspecified atom stereocenters. The standard InChI is InChI=1S/C19H29N3O3S/c1-26(24,25)22-14-5-9-17(15-22)19(23)20-11-6-13-21-12-4-8-16-7-2-3-10-18(16)21/h2-3,7,10,17H,4-6,8-9,11-15H2,1H3,(H,20,23)/t17-/m0/s1. The van der Waals surface area contributed by atoms with Gasteiger partial charge in [0.25, 0.3) is 0 Å². The second-order valence-electron chi connectivity index (χ2n) is 7.32. The number of piperidine rings is 1. The molecule has 1 atom stereocenters. The molecule has 2 aliphatic heterocycles. The first kappa shape index (κ1) is 19.2. The van der Waals surface area contributed by atoms with E-state index in [9.17, 15) is 13.2 Å². The summed E-state index contributed by atoms with van der Waals surface area (Å²) < 4.78 is 24.8. The maximum absolute atomic E-state index is 12.4. The van der Waals surface area contributed by atoms with Crippen LogP contribution < -0.4 is 10.2 Å². The number of fused-ring (bicyclic) bond motifs is 1. The van der Waals surface area contributed by atoms with E-state index in [1.54, 1.807) is 0 Å². The number of nitrogens with one attached hydrogen (secondary N) is 1. The highest BCUT2D eigenvalue weighted by atomic mass is 32.2. The third kappa shape index (κ3) is 4.76. The number of para-hydroxylation sites is 1. The lowest BCUT2D eigenvalue weighted by molar-refractivity contribution is -0.126. The Morgan fingerprint density at radius 3 is 2.85 bits per heavy atom. The van der Waals surface area contributed by atoms with Crippen LogP contribution in [0.3, 0.4) is 0 Å². The summed E-state index contributed by atoms with van der Waals surface area (Å²) in [6.07, 6.45) is 5.92. The number of amides is 1. The predicted molar refractivity (Wildman–Crippen MR) is 104 cm³/mol. The molecule has 6 nitrogen and oxygen atoms in total. The van der Waals surface area contributed by atoms with Gasteiger partial charge in [-0.2, -0.15) is 0 Å². The summed E-state index contributed by atoms with van der Waals surface area (Å²) in [6.45, 7) is 3.46. The lowest BCUT2D eigenvalue weighted by Gasteiger charge is -2.32. The highest BCUT2D eigenvalue weighted by Gasteiger charge is 2.29. The molecule has 1 aromatic rings. The minimum absolute atomic E-state index is 0.0163. The maximum Gasteiger partial charge on any atom is 0.224 e. The molecule has 0 aromatic heterocycles. The van der Waals surface area contributed by atoms with Gasteiger partial charge in [0.2, 0.25) is 15.9 Å². The van der Waals surface area contributed by atoms with Crippen molar-refractivity contribution < 1.29 is 13.2 Å². The van der Waals surface area contributed by atoms with Gasteiger partial charge in [-0.05, 0) is 43.7 Å². The normalized spacial score (nSPS) is 21.3. The number of aryl methyl sites for hydroxylation is 1. The van der Waals surface area contributed by atoms with Crippen molar-refractivity contribution in [3.8, 4) is 0 Å². The van der Waals surface area contributed by atoms with Crippen LogP contribution in [0, 0.1) is 5.92 Å². The van der Waals surface area contributed by atoms with E-state index in [4.69, 9.17) is 0 Å². The molecule has 26 heavy (non-hydrogen) atoms. The van der Waals surface area contributed by atoms with E-state index in [-0.39, 0.29) is 11.8 Å². The zero-order chi connectivity index (χ0) is 18.6. The highest BCUT2D eigenvalue weighted by Crippen LogP contribution is 2.26. The van der Waals surface area contributed by atoms with Gasteiger partial charge in [0, 0.05) is 38.4 Å². The maximum atomic E-state index is 12.4. The minimum Gasteiger partial charge on any atom is -0.371 e. The quantitative estimate of drug-likeness (QED) is 0.763. The molecule has 0 bridgehead atoms. The van der Waals surface area contributed by atoms with Crippen LogP contribution in [0.4, 0.5) is 5.69 Å². The summed E-state index contributed by atoms with van der Waals surface area (Å²) in [7, 11) is -3.21. The van der Waals surface area contributed by atoms with Crippen LogP contribution in [-0.4, -0.2) is 57.6 Å². The highest BCUT2D eigenvalue weighted by molar-refractivity contribution is 7.88. The van der Waals surface area contributed by atoms with Gasteiger partial charge >= 0.3 is 0 Å². The minimum atomic E-state index is -3.21. The number of rotatable bonds is 6. The van der Waals surface area contributed by atoms with Crippen LogP contribution in [0.2, 0.25) is 0 Å². The van der Waals surface area contributed by atoms with Crippen molar-refractivity contribution in [1.29, 1.82) is 0 Å². The van der Waals surface area contributed by atoms with E-state index in [0.717, 1.165) is 38.8 Å². The number of carbonyl (C=O) groups is 1. The van der Waals surface area contributed by atoms with Gasteiger partial charge < -0.3 is 10.2 Å². The number of sulfonamides is 1. The molecule has 144 valence electrons. The third-order valence-corrected chi connectivity index (χ3v) is 6.60. The van der Waals surface area contributed by atoms with Gasteiger partial charge in [-0.1, -0.05) is 18.2 Å². The van der Waals surface area contributed by atoms with Gasteiger partial charge in [0.05, 0.1) is 12.2 Å². The first-order valence-electron chi connectivity index (χ1n) is 9.51. The number of anilines is 1. The summed E-state index contributed by atoms with van der Waals surface area (Å²) in [5.41, 5.74) is 2.73. The predicted octanol–water partition coefficient (Wildman–Crippen LogP) is 1.62. The zero-order valence-electron chi connectivity index (χ0n) is 15.5. The fourth-order valence-electron chi connectivity index (χ4n) is 3.93. The molecule has 3 rings (SSSR count). The van der Waals surface area contributed by atoms with Gasteiger partial charge in [0.15, 0.2) is 0 Å². The van der Waals surface area contributed by atoms with E-state index in [2.05, 4.69) is 34.5 Å². The topological polar surface area (TPSA) is 69.7 Å². The van der Waals surface area contributed by atoms with Crippen molar-refractivity contribution >= 4 is 21.6 Å². The Morgan fingerprint density at radius 1 is 1.23 bits per heavy atom. The van der Waals surface area contributed by atoms with E-state index in [0.29, 0.717) is 19.6 Å². The molecule has 1 fully saturated rings. The summed E-state index contributed by atoms with van der Waals surface area (Å²) in [5, 5.41) is 3.00. The molecule has 0 aliphatic carbocycles. The van der Waals surface area contributed by atoms with E-state index in [1.807, 2.05) is 0 Å². The lowest BCUT2D eigenvalue weighted by Crippen LogP contribution is -2.45. The third-order valence-electron chi connectivity index (χ3n) is 5.33. The SMILES string of the molecule is CS(=O)(=O)N1CCC[C@H](C(=O)NCCCN2CCCc3ccccc32)C1. The zero-order valence-corrected chi connectivity index (χ0v) is 16.3. The average molecular weight is 380 g/mol. The Hall–Kier alpha value is -1.60. The number of nitrogens with zero attached hydrogens (tertiary/aromatic N) is 2. The fourth-order valence-corrected chi connectivity index (χ4v) is 4.84. The van der Waals surface area contributed by atoms with E-state index < -0.39 is 10.0 Å². The Kier molecular flexibility index (Phi) is 6.19. The van der Waals surface area contributed by atoms with Crippen LogP contribution in [0.1, 0.15) is 31.2 Å². The lowest BCUT2D eigenvalue weighted by atomic mass is 9.99. The monoisotopic (exact) mass is 379 g/mol. The van der Waals surface area contributed by atoms with Crippen molar-refractivity contribution in [2.75, 3.05) is 43.9 Å². The van der Waals surface area contributed by atoms with Gasteiger partial charge in [-0.3, -0.25) is 4.79 Å². The molecule has 1 N–H and O–H groups in total. The van der Waals surface area contributed by atoms with Gasteiger partial charge in [-0.15, -0.1) is 0 Å². The first-order valence-corrected chi connectivity index (χ1v) is 11.4. The molecule has 1 saturated heterocycles. The first-order chi connectivity index (χ1) is 12.4. The van der Waals surface area contributed by atoms with Crippen molar-refractivity contribution in [2.24, 2.45) is 5.92 Å². The second kappa shape index (κ2) is 8.39. The fraction of sp³-hybridized carbons (Fsp3) is 0.632. The smallest absolute Gasteiger partial charge is 0.224 e. The van der Waals surface area contributed by atoms with Crippen molar-refractivity contribution in [3.05, 3.63) is 29.8 Å². The number of carbonyl (C=O) groups excluding carboxylic acids is 1. The van der Waals surface area contributed by atoms with Crippen molar-refractivity contribution in [2.45, 2.75) is 32.1 Å². The Morgan fingerprint density at radius 2 is 2.04 bits per heavy atom. The van der Waals surface area contributed by atoms with Crippen LogP contribution in [-0.2, 0) is 21.2 Å². The summed E-state index contributed by atoms with van der Waals surface area (Å²) >= 11 is 0. The number of hydrogen-bond acceptors (Lipinski definition) is 4. The molecule has 0 saturated carbocycles. The molecule has 7 heteroatoms. The second-order valence-corrected chi connectivity index (χ2v) is 9.31. The average Bonchev–Trinajstić information content (AvgIpc) is 2.64. The number of hydrogen-bond donors (Lipinski definition) is 1. The van der Waals surface area contributed by atoms with Crippen LogP contribution in [0.25, 0.3) is 0 Å². The Balaban J connectivity index is 1.43. The van der Waals surface area contributed by atoms with Crippen molar-refractivity contribution in [1.82, 2.24) is 9.62 Å². The molecule has 2 aliphatic rings. The van der Waals surface area contributed by atoms with Crippen LogP contribution >= 0.6 is 0 Å². The van der Waals surface area contributed by atoms with Gasteiger partial charge in [0.1, 0.15) is 0 Å². The summed E-state index contributed by atoms with van der Waals surface area (Å²) in [4.78, 5) is 14.8.